The van der Waals surface area contributed by atoms with Gasteiger partial charge >= 0.3 is 6.03 Å². The summed E-state index contributed by atoms with van der Waals surface area (Å²) in [5.74, 6) is 1.51. The maximum absolute atomic E-state index is 13.4. The highest BCUT2D eigenvalue weighted by Gasteiger charge is 2.21. The molecule has 11 nitrogen and oxygen atoms in total. The highest BCUT2D eigenvalue weighted by molar-refractivity contribution is 6.07. The Morgan fingerprint density at radius 3 is 2.62 bits per heavy atom. The van der Waals surface area contributed by atoms with Gasteiger partial charge in [0.2, 0.25) is 5.91 Å². The predicted octanol–water partition coefficient (Wildman–Crippen LogP) is 6.22. The van der Waals surface area contributed by atoms with Gasteiger partial charge in [-0.15, -0.1) is 0 Å². The number of ether oxygens (including phenoxy) is 2. The number of rotatable bonds is 11. The molecule has 1 unspecified atom stereocenters. The van der Waals surface area contributed by atoms with E-state index in [-0.39, 0.29) is 18.5 Å². The first kappa shape index (κ1) is 31.7. The maximum Gasteiger partial charge on any atom is 0.324 e. The van der Waals surface area contributed by atoms with E-state index in [1.165, 1.54) is 0 Å². The fourth-order valence-corrected chi connectivity index (χ4v) is 5.40. The van der Waals surface area contributed by atoms with Crippen LogP contribution in [0.5, 0.6) is 5.75 Å². The fourth-order valence-electron chi connectivity index (χ4n) is 5.40. The van der Waals surface area contributed by atoms with Crippen molar-refractivity contribution in [2.45, 2.75) is 45.8 Å². The van der Waals surface area contributed by atoms with E-state index >= 15 is 0 Å². The number of pyridine rings is 1. The Kier molecular flexibility index (Phi) is 10.0. The van der Waals surface area contributed by atoms with Crippen molar-refractivity contribution in [2.24, 2.45) is 0 Å². The zero-order valence-corrected chi connectivity index (χ0v) is 26.6. The number of unbranched alkanes of at least 4 members (excludes halogenated alkanes) is 1. The summed E-state index contributed by atoms with van der Waals surface area (Å²) in [5.41, 5.74) is 4.44. The molecule has 3 heterocycles. The third kappa shape index (κ3) is 7.94. The number of nitrogens with zero attached hydrogens (tertiary/aromatic N) is 3. The number of aryl methyl sites for hydroxylation is 2. The Morgan fingerprint density at radius 1 is 1.00 bits per heavy atom. The highest BCUT2D eigenvalue weighted by Crippen LogP contribution is 2.32. The van der Waals surface area contributed by atoms with Crippen LogP contribution in [0.4, 0.5) is 22.1 Å². The van der Waals surface area contributed by atoms with Gasteiger partial charge in [0.1, 0.15) is 30.0 Å². The number of carbonyl (C=O) groups excluding carboxylic acids is 2. The number of anilines is 3. The molecule has 4 N–H and O–H groups in total. The van der Waals surface area contributed by atoms with Crippen molar-refractivity contribution in [3.63, 3.8) is 0 Å². The van der Waals surface area contributed by atoms with E-state index in [4.69, 9.17) is 14.6 Å². The first-order valence-electron chi connectivity index (χ1n) is 15.9. The summed E-state index contributed by atoms with van der Waals surface area (Å²) in [6, 6.07) is 24.3. The first-order chi connectivity index (χ1) is 23.0. The van der Waals surface area contributed by atoms with Crippen LogP contribution in [0, 0.1) is 6.92 Å². The first-order valence-corrected chi connectivity index (χ1v) is 15.9. The number of nitrogens with one attached hydrogen (secondary N) is 4. The molecule has 1 fully saturated rings. The van der Waals surface area contributed by atoms with E-state index in [1.807, 2.05) is 79.7 Å². The van der Waals surface area contributed by atoms with E-state index < -0.39 is 6.04 Å². The Morgan fingerprint density at radius 2 is 1.83 bits per heavy atom. The SMILES string of the molecule is CCCCc1cc(NC(=O)Nc2ccc(OCc3ccnc(NC(=O)C4COCCN4)c3)c3ccccc23)n(-c2ccc(C)cc2)n1. The smallest absolute Gasteiger partial charge is 0.324 e. The number of morpholine rings is 1. The summed E-state index contributed by atoms with van der Waals surface area (Å²) >= 11 is 0. The van der Waals surface area contributed by atoms with Crippen LogP contribution >= 0.6 is 0 Å². The topological polar surface area (TPSA) is 131 Å². The number of hydrogen-bond acceptors (Lipinski definition) is 7. The molecule has 3 amide bonds. The van der Waals surface area contributed by atoms with Gasteiger partial charge in [0, 0.05) is 29.6 Å². The summed E-state index contributed by atoms with van der Waals surface area (Å²) in [7, 11) is 0. The molecule has 1 aliphatic rings. The van der Waals surface area contributed by atoms with Crippen LogP contribution in [0.25, 0.3) is 16.5 Å². The normalized spacial score (nSPS) is 14.5. The van der Waals surface area contributed by atoms with Gasteiger partial charge in [-0.1, -0.05) is 55.3 Å². The van der Waals surface area contributed by atoms with Crippen LogP contribution in [0.2, 0.25) is 0 Å². The van der Waals surface area contributed by atoms with Crippen molar-refractivity contribution in [1.29, 1.82) is 0 Å². The minimum atomic E-state index is -0.412. The molecular weight excluding hydrogens is 594 g/mol. The molecule has 6 rings (SSSR count). The van der Waals surface area contributed by atoms with E-state index in [0.717, 1.165) is 52.5 Å². The van der Waals surface area contributed by atoms with Crippen LogP contribution in [-0.4, -0.2) is 52.5 Å². The molecule has 0 spiro atoms. The Balaban J connectivity index is 1.14. The molecule has 0 radical (unpaired) electrons. The second-order valence-electron chi connectivity index (χ2n) is 11.5. The van der Waals surface area contributed by atoms with Crippen LogP contribution in [-0.2, 0) is 22.6 Å². The van der Waals surface area contributed by atoms with Crippen molar-refractivity contribution >= 4 is 40.0 Å². The molecule has 1 atom stereocenters. The van der Waals surface area contributed by atoms with Crippen LogP contribution in [0.15, 0.2) is 85.1 Å². The van der Waals surface area contributed by atoms with Crippen molar-refractivity contribution < 1.29 is 19.1 Å². The highest BCUT2D eigenvalue weighted by atomic mass is 16.5. The molecule has 2 aromatic heterocycles. The van der Waals surface area contributed by atoms with Crippen molar-refractivity contribution in [3.8, 4) is 11.4 Å². The minimum Gasteiger partial charge on any atom is -0.488 e. The molecule has 47 heavy (non-hydrogen) atoms. The lowest BCUT2D eigenvalue weighted by atomic mass is 10.1. The number of fused-ring (bicyclic) bond motifs is 1. The van der Waals surface area contributed by atoms with Gasteiger partial charge in [0.15, 0.2) is 0 Å². The van der Waals surface area contributed by atoms with E-state index in [1.54, 1.807) is 16.9 Å². The lowest BCUT2D eigenvalue weighted by Gasteiger charge is -2.22. The van der Waals surface area contributed by atoms with Gasteiger partial charge in [-0.25, -0.2) is 14.5 Å². The molecule has 0 saturated carbocycles. The fraction of sp³-hybridized carbons (Fsp3) is 0.278. The molecule has 3 aromatic carbocycles. The zero-order valence-electron chi connectivity index (χ0n) is 26.6. The largest absolute Gasteiger partial charge is 0.488 e. The van der Waals surface area contributed by atoms with Gasteiger partial charge in [0.25, 0.3) is 0 Å². The number of amides is 3. The van der Waals surface area contributed by atoms with E-state index in [2.05, 4.69) is 33.2 Å². The minimum absolute atomic E-state index is 0.190. The van der Waals surface area contributed by atoms with Crippen LogP contribution in [0.3, 0.4) is 0 Å². The average molecular weight is 634 g/mol. The summed E-state index contributed by atoms with van der Waals surface area (Å²) in [4.78, 5) is 30.2. The number of aromatic nitrogens is 3. The second-order valence-corrected chi connectivity index (χ2v) is 11.5. The number of urea groups is 1. The molecule has 0 bridgehead atoms. The molecule has 1 saturated heterocycles. The van der Waals surface area contributed by atoms with Crippen LogP contribution in [0.1, 0.15) is 36.6 Å². The Bertz CT molecular complexity index is 1850. The summed E-state index contributed by atoms with van der Waals surface area (Å²) in [5, 5.41) is 18.5. The molecule has 11 heteroatoms. The molecule has 5 aromatic rings. The summed E-state index contributed by atoms with van der Waals surface area (Å²) in [6.07, 6.45) is 4.55. The monoisotopic (exact) mass is 633 g/mol. The maximum atomic E-state index is 13.4. The third-order valence-electron chi connectivity index (χ3n) is 7.91. The number of hydrogen-bond donors (Lipinski definition) is 4. The Hall–Kier alpha value is -5.26. The number of carbonyl (C=O) groups is 2. The van der Waals surface area contributed by atoms with E-state index in [0.29, 0.717) is 42.8 Å². The lowest BCUT2D eigenvalue weighted by Crippen LogP contribution is -2.48. The van der Waals surface area contributed by atoms with E-state index in [9.17, 15) is 9.59 Å². The van der Waals surface area contributed by atoms with Gasteiger partial charge in [-0.05, 0) is 61.7 Å². The predicted molar refractivity (Wildman–Crippen MR) is 183 cm³/mol. The second kappa shape index (κ2) is 14.9. The van der Waals surface area contributed by atoms with Gasteiger partial charge in [0.05, 0.1) is 30.3 Å². The summed E-state index contributed by atoms with van der Waals surface area (Å²) in [6.45, 7) is 5.99. The summed E-state index contributed by atoms with van der Waals surface area (Å²) < 4.78 is 13.4. The molecule has 242 valence electrons. The van der Waals surface area contributed by atoms with Crippen LogP contribution < -0.4 is 26.0 Å². The quantitative estimate of drug-likeness (QED) is 0.136. The lowest BCUT2D eigenvalue weighted by molar-refractivity contribution is -0.120. The average Bonchev–Trinajstić information content (AvgIpc) is 3.49. The van der Waals surface area contributed by atoms with Crippen molar-refractivity contribution in [1.82, 2.24) is 20.1 Å². The van der Waals surface area contributed by atoms with Gasteiger partial charge in [-0.2, -0.15) is 5.10 Å². The van der Waals surface area contributed by atoms with Gasteiger partial charge in [-0.3, -0.25) is 10.1 Å². The molecular formula is C36H39N7O4. The Labute approximate surface area is 273 Å². The van der Waals surface area contributed by atoms with Gasteiger partial charge < -0.3 is 25.4 Å². The van der Waals surface area contributed by atoms with Crippen molar-refractivity contribution in [3.05, 3.63) is 102 Å². The standard InChI is InChI=1S/C36H39N7O4/c1-3-4-7-26-21-34(43(42-26)27-12-10-24(2)11-13-27)41-36(45)39-30-14-15-32(29-9-6-5-8-28(29)30)47-22-25-16-17-38-33(20-25)40-35(44)31-23-46-19-18-37-31/h5-6,8-17,20-21,31,37H,3-4,7,18-19,22-23H2,1-2H3,(H,38,40,44)(H2,39,41,45). The van der Waals surface area contributed by atoms with Crippen molar-refractivity contribution in [2.75, 3.05) is 35.7 Å². The number of benzene rings is 3. The molecule has 0 aliphatic carbocycles. The zero-order chi connectivity index (χ0) is 32.6. The molecule has 1 aliphatic heterocycles. The third-order valence-corrected chi connectivity index (χ3v) is 7.91.